The van der Waals surface area contributed by atoms with E-state index < -0.39 is 45.3 Å². The van der Waals surface area contributed by atoms with Gasteiger partial charge < -0.3 is 10.2 Å². The van der Waals surface area contributed by atoms with E-state index in [-0.39, 0.29) is 0 Å². The van der Waals surface area contributed by atoms with Crippen LogP contribution in [0.4, 0.5) is 0 Å². The van der Waals surface area contributed by atoms with Gasteiger partial charge in [0.05, 0.1) is 16.0 Å². The molecule has 0 aliphatic rings. The standard InChI is InChI=1S/C14H33P.C8H6O7S/c1-5-9-12-15(8-4,13-10-6-2)14-11-7-3;9-7(10)4-1-5(8(11)12)3-6(2-4)16(13,14)15/h15H,5-14H2,1-4H3;1-3H,(H,9,10)(H,11,12)(H,13,14,15). The quantitative estimate of drug-likeness (QED) is 0.253. The van der Waals surface area contributed by atoms with Crippen molar-refractivity contribution in [3.8, 4) is 0 Å². The molecule has 1 rings (SSSR count). The molecule has 0 radical (unpaired) electrons. The summed E-state index contributed by atoms with van der Waals surface area (Å²) in [7, 11) is -5.47. The topological polar surface area (TPSA) is 129 Å². The maximum Gasteiger partial charge on any atom is 0.335 e. The predicted octanol–water partition coefficient (Wildman–Crippen LogP) is 5.49. The number of carbonyl (C=O) groups is 2. The van der Waals surface area contributed by atoms with Crippen molar-refractivity contribution in [3.63, 3.8) is 0 Å². The van der Waals surface area contributed by atoms with Gasteiger partial charge in [0.2, 0.25) is 0 Å². The third-order valence-electron chi connectivity index (χ3n) is 5.63. The zero-order valence-electron chi connectivity index (χ0n) is 19.2. The van der Waals surface area contributed by atoms with Crippen molar-refractivity contribution in [1.82, 2.24) is 0 Å². The molecule has 0 fully saturated rings. The van der Waals surface area contributed by atoms with Crippen LogP contribution in [0.5, 0.6) is 0 Å². The van der Waals surface area contributed by atoms with Crippen LogP contribution in [0.3, 0.4) is 0 Å². The molecule has 0 heterocycles. The first kappa shape index (κ1) is 29.5. The zero-order chi connectivity index (χ0) is 24.1. The summed E-state index contributed by atoms with van der Waals surface area (Å²) in [5, 5.41) is 17.2. The Kier molecular flexibility index (Phi) is 13.8. The van der Waals surface area contributed by atoms with Crippen molar-refractivity contribution < 1.29 is 32.8 Å². The van der Waals surface area contributed by atoms with Gasteiger partial charge in [-0.1, -0.05) is 0 Å². The molecule has 1 aromatic rings. The summed E-state index contributed by atoms with van der Waals surface area (Å²) in [6, 6.07) is 2.13. The molecule has 0 aromatic heterocycles. The van der Waals surface area contributed by atoms with Gasteiger partial charge in [-0.3, -0.25) is 4.55 Å². The number of carboxylic acid groups (broad SMARTS) is 2. The Morgan fingerprint density at radius 1 is 0.774 bits per heavy atom. The molecule has 0 unspecified atom stereocenters. The summed E-state index contributed by atoms with van der Waals surface area (Å²) in [5.74, 6) is -2.99. The van der Waals surface area contributed by atoms with Gasteiger partial charge in [0.25, 0.3) is 10.1 Å². The molecule has 0 atom stereocenters. The minimum absolute atomic E-state index is 0.535. The number of rotatable bonds is 13. The second-order valence-corrected chi connectivity index (χ2v) is 14.6. The Balaban J connectivity index is 0.000000582. The van der Waals surface area contributed by atoms with Crippen LogP contribution in [-0.4, -0.2) is 59.8 Å². The van der Waals surface area contributed by atoms with Gasteiger partial charge in [-0.05, 0) is 18.2 Å². The van der Waals surface area contributed by atoms with Gasteiger partial charge in [-0.2, -0.15) is 8.42 Å². The zero-order valence-corrected chi connectivity index (χ0v) is 21.0. The smallest absolute Gasteiger partial charge is 0.335 e. The molecule has 0 saturated heterocycles. The first-order valence-corrected chi connectivity index (χ1v) is 15.3. The molecule has 0 saturated carbocycles. The molecule has 0 amide bonds. The maximum atomic E-state index is 10.8. The molecule has 31 heavy (non-hydrogen) atoms. The normalized spacial score (nSPS) is 12.0. The van der Waals surface area contributed by atoms with E-state index in [9.17, 15) is 18.0 Å². The van der Waals surface area contributed by atoms with Crippen LogP contribution in [-0.2, 0) is 10.1 Å². The largest absolute Gasteiger partial charge is 0.478 e. The van der Waals surface area contributed by atoms with Gasteiger partial charge in [0.1, 0.15) is 0 Å². The Morgan fingerprint density at radius 2 is 1.13 bits per heavy atom. The predicted molar refractivity (Wildman–Crippen MR) is 128 cm³/mol. The van der Waals surface area contributed by atoms with Crippen molar-refractivity contribution in [2.75, 3.05) is 24.6 Å². The van der Waals surface area contributed by atoms with Crippen LogP contribution < -0.4 is 0 Å². The van der Waals surface area contributed by atoms with Crippen LogP contribution in [0.1, 0.15) is 86.9 Å². The van der Waals surface area contributed by atoms with Crippen molar-refractivity contribution in [3.05, 3.63) is 29.3 Å². The molecular weight excluding hydrogens is 439 g/mol. The van der Waals surface area contributed by atoms with Crippen molar-refractivity contribution in [1.29, 1.82) is 0 Å². The Morgan fingerprint density at radius 3 is 1.35 bits per heavy atom. The Labute approximate surface area is 187 Å². The molecule has 0 aliphatic heterocycles. The third-order valence-corrected chi connectivity index (χ3v) is 12.2. The van der Waals surface area contributed by atoms with E-state index in [4.69, 9.17) is 14.8 Å². The van der Waals surface area contributed by atoms with E-state index >= 15 is 0 Å². The summed E-state index contributed by atoms with van der Waals surface area (Å²) >= 11 is 0. The fraction of sp³-hybridized carbons (Fsp3) is 0.636. The summed E-state index contributed by atoms with van der Waals surface area (Å²) in [4.78, 5) is 20.4. The molecule has 0 bridgehead atoms. The summed E-state index contributed by atoms with van der Waals surface area (Å²) in [6.07, 6.45) is 15.0. The minimum atomic E-state index is -4.64. The van der Waals surface area contributed by atoms with Crippen molar-refractivity contribution in [2.24, 2.45) is 0 Å². The fourth-order valence-corrected chi connectivity index (χ4v) is 9.23. The maximum absolute atomic E-state index is 10.8. The summed E-state index contributed by atoms with van der Waals surface area (Å²) in [6.45, 7) is 9.49. The summed E-state index contributed by atoms with van der Waals surface area (Å²) < 4.78 is 30.2. The van der Waals surface area contributed by atoms with Gasteiger partial charge in [0.15, 0.2) is 0 Å². The van der Waals surface area contributed by atoms with Crippen LogP contribution in [0.2, 0.25) is 0 Å². The second kappa shape index (κ2) is 14.5. The van der Waals surface area contributed by atoms with E-state index in [2.05, 4.69) is 27.7 Å². The number of hydrogen-bond acceptors (Lipinski definition) is 4. The molecule has 0 aliphatic carbocycles. The van der Waals surface area contributed by atoms with Gasteiger partial charge in [-0.15, -0.1) is 0 Å². The minimum Gasteiger partial charge on any atom is -0.478 e. The molecule has 9 heteroatoms. The van der Waals surface area contributed by atoms with E-state index in [0.717, 1.165) is 6.07 Å². The van der Waals surface area contributed by atoms with Crippen LogP contribution in [0, 0.1) is 0 Å². The van der Waals surface area contributed by atoms with E-state index in [1.807, 2.05) is 0 Å². The van der Waals surface area contributed by atoms with Crippen molar-refractivity contribution in [2.45, 2.75) is 71.1 Å². The number of unbranched alkanes of at least 4 members (excludes halogenated alkanes) is 3. The van der Waals surface area contributed by atoms with E-state index in [1.54, 1.807) is 18.5 Å². The number of aromatic carboxylic acids is 2. The number of hydrogen-bond donors (Lipinski definition) is 3. The summed E-state index contributed by atoms with van der Waals surface area (Å²) in [5.41, 5.74) is -1.07. The third kappa shape index (κ3) is 11.1. The Bertz CT molecular complexity index is 752. The Hall–Kier alpha value is -1.50. The SMILES string of the molecule is CCCC[PH](CC)(CCCC)CCCC.O=C(O)c1cc(C(=O)O)cc(S(=O)(=O)O)c1. The van der Waals surface area contributed by atoms with E-state index in [1.165, 1.54) is 44.7 Å². The molecule has 1 aromatic carbocycles. The van der Waals surface area contributed by atoms with Crippen molar-refractivity contribution >= 4 is 29.3 Å². The molecule has 180 valence electrons. The molecule has 3 N–H and O–H groups in total. The molecule has 7 nitrogen and oxygen atoms in total. The van der Waals surface area contributed by atoms with E-state index in [0.29, 0.717) is 12.1 Å². The van der Waals surface area contributed by atoms with Crippen LogP contribution in [0.15, 0.2) is 23.1 Å². The fourth-order valence-electron chi connectivity index (χ4n) is 3.56. The average Bonchev–Trinajstić information content (AvgIpc) is 2.73. The van der Waals surface area contributed by atoms with Gasteiger partial charge in [-0.25, -0.2) is 9.59 Å². The van der Waals surface area contributed by atoms with Gasteiger partial charge in [0, 0.05) is 0 Å². The number of benzene rings is 1. The second-order valence-electron chi connectivity index (χ2n) is 8.00. The first-order chi connectivity index (χ1) is 14.5. The molecular formula is C22H39O7PS. The van der Waals surface area contributed by atoms with Crippen LogP contribution in [0.25, 0.3) is 0 Å². The monoisotopic (exact) mass is 478 g/mol. The molecule has 0 spiro atoms. The average molecular weight is 479 g/mol. The van der Waals surface area contributed by atoms with Gasteiger partial charge >= 0.3 is 110 Å². The first-order valence-electron chi connectivity index (χ1n) is 11.1. The van der Waals surface area contributed by atoms with Crippen LogP contribution >= 0.6 is 7.26 Å². The number of carboxylic acids is 2.